The van der Waals surface area contributed by atoms with Gasteiger partial charge < -0.3 is 27.0 Å². The first-order valence-corrected chi connectivity index (χ1v) is 10.2. The molecule has 2 rings (SSSR count). The Morgan fingerprint density at radius 3 is 2.67 bits per heavy atom. The van der Waals surface area contributed by atoms with Crippen molar-refractivity contribution >= 4 is 0 Å². The molecule has 1 aliphatic carbocycles. The van der Waals surface area contributed by atoms with Crippen molar-refractivity contribution in [3.63, 3.8) is 0 Å². The highest BCUT2D eigenvalue weighted by molar-refractivity contribution is 5.30. The molecule has 3 N–H and O–H groups in total. The van der Waals surface area contributed by atoms with Crippen molar-refractivity contribution in [3.05, 3.63) is 61.1 Å². The minimum absolute atomic E-state index is 0.0129. The molecule has 0 amide bonds. The molecule has 30 heavy (non-hydrogen) atoms. The Balaban J connectivity index is 1.90. The maximum absolute atomic E-state index is 12.7. The Morgan fingerprint density at radius 1 is 1.20 bits per heavy atom. The van der Waals surface area contributed by atoms with E-state index >= 15 is 0 Å². The van der Waals surface area contributed by atoms with E-state index in [2.05, 4.69) is 6.92 Å². The molecule has 0 radical (unpaired) electrons. The minimum atomic E-state index is -4.46. The van der Waals surface area contributed by atoms with E-state index in [0.29, 0.717) is 6.42 Å². The van der Waals surface area contributed by atoms with Crippen LogP contribution >= 0.6 is 0 Å². The molecule has 1 aromatic carbocycles. The third kappa shape index (κ3) is 7.45. The Kier molecular flexibility index (Phi) is 9.39. The van der Waals surface area contributed by atoms with Gasteiger partial charge in [-0.1, -0.05) is 36.8 Å². The lowest BCUT2D eigenvalue weighted by Gasteiger charge is -2.19. The number of ether oxygens (including phenoxy) is 1. The molecule has 5 atom stereocenters. The van der Waals surface area contributed by atoms with E-state index in [4.69, 9.17) is 4.74 Å². The summed E-state index contributed by atoms with van der Waals surface area (Å²) in [5, 5.41) is 30.6. The first-order chi connectivity index (χ1) is 14.2. The number of allylic oxidation sites excluding steroid dienone is 2. The van der Waals surface area contributed by atoms with Crippen molar-refractivity contribution in [1.82, 2.24) is 0 Å². The van der Waals surface area contributed by atoms with E-state index in [0.717, 1.165) is 31.4 Å². The van der Waals surface area contributed by atoms with E-state index in [1.807, 2.05) is 12.2 Å². The van der Waals surface area contributed by atoms with Gasteiger partial charge in [0.25, 0.3) is 0 Å². The van der Waals surface area contributed by atoms with Gasteiger partial charge in [0.15, 0.2) is 0 Å². The molecule has 1 fully saturated rings. The zero-order chi connectivity index (χ0) is 22.1. The van der Waals surface area contributed by atoms with Crippen LogP contribution in [0.1, 0.15) is 37.7 Å². The second kappa shape index (κ2) is 11.5. The van der Waals surface area contributed by atoms with Crippen LogP contribution in [0.3, 0.4) is 0 Å². The van der Waals surface area contributed by atoms with Crippen molar-refractivity contribution in [1.29, 1.82) is 0 Å². The molecule has 0 aliphatic heterocycles. The number of hydrogen-bond acceptors (Lipinski definition) is 4. The SMILES string of the molecule is [CH2-]CCC/C=C\CC1C(O)CC(O)C1/C=C/C(O)COc1cccc(C(F)(F)F)c1. The van der Waals surface area contributed by atoms with Crippen LogP contribution in [0.15, 0.2) is 48.6 Å². The summed E-state index contributed by atoms with van der Waals surface area (Å²) in [5.74, 6) is -0.469. The number of aliphatic hydroxyl groups excluding tert-OH is 3. The number of benzene rings is 1. The lowest BCUT2D eigenvalue weighted by molar-refractivity contribution is -0.137. The van der Waals surface area contributed by atoms with Gasteiger partial charge in [0, 0.05) is 12.3 Å². The zero-order valence-corrected chi connectivity index (χ0v) is 16.8. The summed E-state index contributed by atoms with van der Waals surface area (Å²) in [5.41, 5.74) is -0.820. The van der Waals surface area contributed by atoms with Gasteiger partial charge in [-0.3, -0.25) is 0 Å². The Bertz CT molecular complexity index is 702. The average Bonchev–Trinajstić information content (AvgIpc) is 2.96. The monoisotopic (exact) mass is 427 g/mol. The highest BCUT2D eigenvalue weighted by Gasteiger charge is 2.39. The highest BCUT2D eigenvalue weighted by atomic mass is 19.4. The van der Waals surface area contributed by atoms with Crippen molar-refractivity contribution in [2.24, 2.45) is 11.8 Å². The molecule has 7 heteroatoms. The molecule has 168 valence electrons. The lowest BCUT2D eigenvalue weighted by Crippen LogP contribution is -2.21. The Labute approximate surface area is 175 Å². The van der Waals surface area contributed by atoms with Gasteiger partial charge in [-0.2, -0.15) is 19.6 Å². The summed E-state index contributed by atoms with van der Waals surface area (Å²) in [7, 11) is 0. The first-order valence-electron chi connectivity index (χ1n) is 10.2. The first kappa shape index (κ1) is 24.4. The van der Waals surface area contributed by atoms with Crippen molar-refractivity contribution in [2.75, 3.05) is 6.61 Å². The van der Waals surface area contributed by atoms with Gasteiger partial charge in [-0.05, 0) is 37.0 Å². The highest BCUT2D eigenvalue weighted by Crippen LogP contribution is 2.36. The molecule has 1 aromatic rings. The summed E-state index contributed by atoms with van der Waals surface area (Å²) in [6.45, 7) is 3.56. The molecule has 1 aliphatic rings. The van der Waals surface area contributed by atoms with Gasteiger partial charge in [0.05, 0.1) is 17.8 Å². The van der Waals surface area contributed by atoms with E-state index < -0.39 is 30.1 Å². The predicted molar refractivity (Wildman–Crippen MR) is 109 cm³/mol. The molecule has 0 spiro atoms. The van der Waals surface area contributed by atoms with Crippen LogP contribution in [0.2, 0.25) is 0 Å². The van der Waals surface area contributed by atoms with E-state index in [-0.39, 0.29) is 30.6 Å². The minimum Gasteiger partial charge on any atom is -0.491 e. The molecule has 0 saturated heterocycles. The maximum atomic E-state index is 12.7. The third-order valence-electron chi connectivity index (χ3n) is 5.25. The van der Waals surface area contributed by atoms with Gasteiger partial charge in [-0.15, -0.1) is 0 Å². The van der Waals surface area contributed by atoms with Crippen LogP contribution < -0.4 is 4.74 Å². The molecule has 0 heterocycles. The quantitative estimate of drug-likeness (QED) is 0.296. The van der Waals surface area contributed by atoms with E-state index in [1.54, 1.807) is 6.08 Å². The fourth-order valence-corrected chi connectivity index (χ4v) is 3.60. The van der Waals surface area contributed by atoms with E-state index in [1.165, 1.54) is 18.2 Å². The molecular weight excluding hydrogens is 397 g/mol. The van der Waals surface area contributed by atoms with Gasteiger partial charge in [0.1, 0.15) is 18.5 Å². The van der Waals surface area contributed by atoms with Crippen LogP contribution in [0, 0.1) is 18.8 Å². The van der Waals surface area contributed by atoms with Crippen LogP contribution in [-0.4, -0.2) is 40.2 Å². The second-order valence-electron chi connectivity index (χ2n) is 7.60. The average molecular weight is 427 g/mol. The van der Waals surface area contributed by atoms with Crippen molar-refractivity contribution in [2.45, 2.75) is 56.6 Å². The molecule has 0 bridgehead atoms. The Morgan fingerprint density at radius 2 is 1.97 bits per heavy atom. The number of alkyl halides is 3. The smallest absolute Gasteiger partial charge is 0.416 e. The molecule has 0 aromatic heterocycles. The molecular formula is C23H30F3O4-. The second-order valence-corrected chi connectivity index (χ2v) is 7.60. The molecule has 1 saturated carbocycles. The van der Waals surface area contributed by atoms with Crippen molar-refractivity contribution < 1.29 is 33.2 Å². The maximum Gasteiger partial charge on any atom is 0.416 e. The number of halogens is 3. The standard InChI is InChI=1S/C23H30F3O4/c1-2-3-4-5-6-10-19-20(22(29)14-21(19)28)12-11-17(27)15-30-18-9-7-8-16(13-18)23(24,25)26/h5-9,11-13,17,19-22,27-29H,1-4,10,14-15H2/q-1/b6-5-,12-11+. The van der Waals surface area contributed by atoms with Gasteiger partial charge >= 0.3 is 6.18 Å². The number of aliphatic hydroxyl groups is 3. The lowest BCUT2D eigenvalue weighted by atomic mass is 9.89. The largest absolute Gasteiger partial charge is 0.491 e. The van der Waals surface area contributed by atoms with Crippen molar-refractivity contribution in [3.8, 4) is 5.75 Å². The fourth-order valence-electron chi connectivity index (χ4n) is 3.60. The predicted octanol–water partition coefficient (Wildman–Crippen LogP) is 4.31. The Hall–Kier alpha value is -1.83. The van der Waals surface area contributed by atoms with Crippen LogP contribution in [0.5, 0.6) is 5.75 Å². The number of hydrogen-bond donors (Lipinski definition) is 3. The van der Waals surface area contributed by atoms with Crippen LogP contribution in [-0.2, 0) is 6.18 Å². The summed E-state index contributed by atoms with van der Waals surface area (Å²) < 4.78 is 43.5. The fraction of sp³-hybridized carbons (Fsp3) is 0.522. The summed E-state index contributed by atoms with van der Waals surface area (Å²) in [4.78, 5) is 0. The van der Waals surface area contributed by atoms with Gasteiger partial charge in [-0.25, -0.2) is 0 Å². The summed E-state index contributed by atoms with van der Waals surface area (Å²) in [6.07, 6.45) is 3.94. The number of unbranched alkanes of at least 4 members (excludes halogenated alkanes) is 2. The van der Waals surface area contributed by atoms with Gasteiger partial charge in [0.2, 0.25) is 0 Å². The third-order valence-corrected chi connectivity index (χ3v) is 5.25. The van der Waals surface area contributed by atoms with E-state index in [9.17, 15) is 28.5 Å². The molecule has 4 nitrogen and oxygen atoms in total. The number of rotatable bonds is 10. The van der Waals surface area contributed by atoms with Crippen LogP contribution in [0.25, 0.3) is 0 Å². The zero-order valence-electron chi connectivity index (χ0n) is 16.8. The summed E-state index contributed by atoms with van der Waals surface area (Å²) in [6, 6.07) is 4.46. The summed E-state index contributed by atoms with van der Waals surface area (Å²) >= 11 is 0. The molecule has 5 unspecified atom stereocenters. The normalized spacial score (nSPS) is 26.0. The van der Waals surface area contributed by atoms with Crippen LogP contribution in [0.4, 0.5) is 13.2 Å². The topological polar surface area (TPSA) is 69.9 Å².